The number of nitrogens with zero attached hydrogens (tertiary/aromatic N) is 2. The minimum Gasteiger partial charge on any atom is -0.378 e. The Balaban J connectivity index is 2.36. The first-order valence-electron chi connectivity index (χ1n) is 6.75. The van der Waals surface area contributed by atoms with Crippen LogP contribution in [0.5, 0.6) is 0 Å². The maximum Gasteiger partial charge on any atom is 0.238 e. The summed E-state index contributed by atoms with van der Waals surface area (Å²) in [4.78, 5) is 13.7. The monoisotopic (exact) mass is 323 g/mol. The van der Waals surface area contributed by atoms with Crippen LogP contribution in [0, 0.1) is 11.3 Å². The van der Waals surface area contributed by atoms with Crippen LogP contribution in [0.2, 0.25) is 0 Å². The highest BCUT2D eigenvalue weighted by Gasteiger charge is 2.18. The molecule has 0 bridgehead atoms. The van der Waals surface area contributed by atoms with Crippen LogP contribution >= 0.6 is 0 Å². The Morgan fingerprint density at radius 1 is 1.41 bits per heavy atom. The second-order valence-corrected chi connectivity index (χ2v) is 6.92. The zero-order chi connectivity index (χ0) is 16.2. The Bertz CT molecular complexity index is 703. The van der Waals surface area contributed by atoms with E-state index in [1.807, 2.05) is 0 Å². The number of sulfone groups is 1. The lowest BCUT2D eigenvalue weighted by Gasteiger charge is -2.29. The lowest BCUT2D eigenvalue weighted by atomic mass is 10.2. The van der Waals surface area contributed by atoms with Gasteiger partial charge in [-0.1, -0.05) is 0 Å². The van der Waals surface area contributed by atoms with E-state index in [2.05, 4.69) is 10.2 Å². The van der Waals surface area contributed by atoms with Gasteiger partial charge < -0.3 is 15.0 Å². The number of rotatable bonds is 4. The predicted octanol–water partition coefficient (Wildman–Crippen LogP) is 0.779. The van der Waals surface area contributed by atoms with Gasteiger partial charge in [0, 0.05) is 25.0 Å². The number of ether oxygens (including phenoxy) is 1. The van der Waals surface area contributed by atoms with Crippen LogP contribution in [0.3, 0.4) is 0 Å². The van der Waals surface area contributed by atoms with E-state index in [1.54, 1.807) is 18.2 Å². The highest BCUT2D eigenvalue weighted by molar-refractivity contribution is 7.90. The number of benzene rings is 1. The first-order valence-corrected chi connectivity index (χ1v) is 8.64. The summed E-state index contributed by atoms with van der Waals surface area (Å²) in [5.74, 6) is -0.536. The van der Waals surface area contributed by atoms with Crippen molar-refractivity contribution in [3.05, 3.63) is 18.2 Å². The molecule has 22 heavy (non-hydrogen) atoms. The number of nitriles is 1. The van der Waals surface area contributed by atoms with E-state index in [9.17, 15) is 13.2 Å². The highest BCUT2D eigenvalue weighted by Crippen LogP contribution is 2.28. The SMILES string of the molecule is CS(=O)(=O)c1ccc(N2CCOCC2)cc1NC(=O)CC#N. The van der Waals surface area contributed by atoms with E-state index < -0.39 is 15.7 Å². The minimum absolute atomic E-state index is 0.0378. The van der Waals surface area contributed by atoms with Crippen molar-refractivity contribution in [1.29, 1.82) is 5.26 Å². The molecule has 0 radical (unpaired) electrons. The fraction of sp³-hybridized carbons (Fsp3) is 0.429. The number of carbonyl (C=O) groups is 1. The Kier molecular flexibility index (Phi) is 5.00. The smallest absolute Gasteiger partial charge is 0.238 e. The molecule has 7 nitrogen and oxygen atoms in total. The molecule has 0 unspecified atom stereocenters. The molecule has 0 aromatic heterocycles. The second-order valence-electron chi connectivity index (χ2n) is 4.94. The normalized spacial score (nSPS) is 15.2. The molecule has 2 rings (SSSR count). The molecule has 1 heterocycles. The van der Waals surface area contributed by atoms with Crippen LogP contribution in [0.1, 0.15) is 6.42 Å². The summed E-state index contributed by atoms with van der Waals surface area (Å²) in [6, 6.07) is 6.54. The minimum atomic E-state index is -3.48. The number of amides is 1. The summed E-state index contributed by atoms with van der Waals surface area (Å²) < 4.78 is 28.9. The van der Waals surface area contributed by atoms with Crippen molar-refractivity contribution < 1.29 is 17.9 Å². The second kappa shape index (κ2) is 6.77. The maximum absolute atomic E-state index is 11.8. The van der Waals surface area contributed by atoms with Crippen LogP contribution in [0.15, 0.2) is 23.1 Å². The molecule has 1 aliphatic rings. The molecular weight excluding hydrogens is 306 g/mol. The number of anilines is 2. The molecule has 1 fully saturated rings. The van der Waals surface area contributed by atoms with Crippen LogP contribution in [-0.4, -0.2) is 46.9 Å². The van der Waals surface area contributed by atoms with Crippen LogP contribution < -0.4 is 10.2 Å². The van der Waals surface area contributed by atoms with E-state index in [1.165, 1.54) is 6.07 Å². The number of hydrogen-bond donors (Lipinski definition) is 1. The van der Waals surface area contributed by atoms with Crippen molar-refractivity contribution in [2.75, 3.05) is 42.8 Å². The average Bonchev–Trinajstić information content (AvgIpc) is 2.47. The Morgan fingerprint density at radius 2 is 2.09 bits per heavy atom. The van der Waals surface area contributed by atoms with Crippen molar-refractivity contribution in [3.8, 4) is 6.07 Å². The first-order chi connectivity index (χ1) is 10.4. The lowest BCUT2D eigenvalue weighted by molar-refractivity contribution is -0.115. The summed E-state index contributed by atoms with van der Waals surface area (Å²) >= 11 is 0. The third-order valence-corrected chi connectivity index (χ3v) is 4.41. The fourth-order valence-corrected chi connectivity index (χ4v) is 3.05. The largest absolute Gasteiger partial charge is 0.378 e. The standard InChI is InChI=1S/C14H17N3O4S/c1-22(19,20)13-3-2-11(17-6-8-21-9-7-17)10-12(13)16-14(18)4-5-15/h2-3,10H,4,6-9H2,1H3,(H,16,18). The number of morpholine rings is 1. The average molecular weight is 323 g/mol. The van der Waals surface area contributed by atoms with Gasteiger partial charge in [0.2, 0.25) is 5.91 Å². The van der Waals surface area contributed by atoms with Gasteiger partial charge in [-0.05, 0) is 18.2 Å². The zero-order valence-electron chi connectivity index (χ0n) is 12.2. The van der Waals surface area contributed by atoms with Gasteiger partial charge in [-0.2, -0.15) is 5.26 Å². The highest BCUT2D eigenvalue weighted by atomic mass is 32.2. The predicted molar refractivity (Wildman–Crippen MR) is 81.4 cm³/mol. The molecule has 0 spiro atoms. The molecule has 1 aliphatic heterocycles. The molecule has 1 saturated heterocycles. The topological polar surface area (TPSA) is 99.5 Å². The summed E-state index contributed by atoms with van der Waals surface area (Å²) in [6.07, 6.45) is 0.752. The summed E-state index contributed by atoms with van der Waals surface area (Å²) in [7, 11) is -3.48. The number of carbonyl (C=O) groups excluding carboxylic acids is 1. The van der Waals surface area contributed by atoms with E-state index in [0.717, 1.165) is 11.9 Å². The van der Waals surface area contributed by atoms with Crippen molar-refractivity contribution in [2.45, 2.75) is 11.3 Å². The van der Waals surface area contributed by atoms with Gasteiger partial charge in [-0.25, -0.2) is 8.42 Å². The fourth-order valence-electron chi connectivity index (χ4n) is 2.22. The molecule has 8 heteroatoms. The molecule has 1 aromatic rings. The van der Waals surface area contributed by atoms with Crippen molar-refractivity contribution in [1.82, 2.24) is 0 Å². The summed E-state index contributed by atoms with van der Waals surface area (Å²) in [5.41, 5.74) is 1.01. The van der Waals surface area contributed by atoms with Crippen molar-refractivity contribution in [3.63, 3.8) is 0 Å². The molecule has 1 amide bonds. The van der Waals surface area contributed by atoms with Crippen LogP contribution in [0.25, 0.3) is 0 Å². The Morgan fingerprint density at radius 3 is 2.68 bits per heavy atom. The third kappa shape index (κ3) is 3.96. The summed E-state index contributed by atoms with van der Waals surface area (Å²) in [5, 5.41) is 11.1. The zero-order valence-corrected chi connectivity index (χ0v) is 13.0. The van der Waals surface area contributed by atoms with Crippen molar-refractivity contribution >= 4 is 27.1 Å². The molecule has 0 aliphatic carbocycles. The van der Waals surface area contributed by atoms with Gasteiger partial charge in [0.25, 0.3) is 0 Å². The molecule has 1 N–H and O–H groups in total. The molecule has 0 saturated carbocycles. The molecule has 1 aromatic carbocycles. The number of nitrogens with one attached hydrogen (secondary N) is 1. The Labute approximate surface area is 129 Å². The van der Waals surface area contributed by atoms with E-state index in [4.69, 9.17) is 10.00 Å². The third-order valence-electron chi connectivity index (χ3n) is 3.25. The van der Waals surface area contributed by atoms with Gasteiger partial charge in [0.05, 0.1) is 29.9 Å². The first kappa shape index (κ1) is 16.3. The molecule has 0 atom stereocenters. The van der Waals surface area contributed by atoms with E-state index >= 15 is 0 Å². The Hall–Kier alpha value is -2.11. The van der Waals surface area contributed by atoms with Gasteiger partial charge in [0.1, 0.15) is 6.42 Å². The maximum atomic E-state index is 11.8. The summed E-state index contributed by atoms with van der Waals surface area (Å²) in [6.45, 7) is 2.60. The van der Waals surface area contributed by atoms with Crippen molar-refractivity contribution in [2.24, 2.45) is 0 Å². The van der Waals surface area contributed by atoms with Crippen LogP contribution in [0.4, 0.5) is 11.4 Å². The van der Waals surface area contributed by atoms with E-state index in [-0.39, 0.29) is 17.0 Å². The van der Waals surface area contributed by atoms with Crippen LogP contribution in [-0.2, 0) is 19.4 Å². The van der Waals surface area contributed by atoms with Gasteiger partial charge in [-0.3, -0.25) is 4.79 Å². The lowest BCUT2D eigenvalue weighted by Crippen LogP contribution is -2.36. The quantitative estimate of drug-likeness (QED) is 0.879. The number of hydrogen-bond acceptors (Lipinski definition) is 6. The van der Waals surface area contributed by atoms with E-state index in [0.29, 0.717) is 26.3 Å². The molecule has 118 valence electrons. The van der Waals surface area contributed by atoms with Gasteiger partial charge in [0.15, 0.2) is 9.84 Å². The van der Waals surface area contributed by atoms with Gasteiger partial charge >= 0.3 is 0 Å². The van der Waals surface area contributed by atoms with Gasteiger partial charge in [-0.15, -0.1) is 0 Å². The molecular formula is C14H17N3O4S.